The van der Waals surface area contributed by atoms with Gasteiger partial charge in [-0.2, -0.15) is 22.0 Å². The molecular weight excluding hydrogens is 569 g/mol. The summed E-state index contributed by atoms with van der Waals surface area (Å²) in [5.74, 6) is -3.89. The summed E-state index contributed by atoms with van der Waals surface area (Å²) < 4.78 is 94.5. The van der Waals surface area contributed by atoms with Gasteiger partial charge in [-0.05, 0) is 48.5 Å². The highest BCUT2D eigenvalue weighted by Crippen LogP contribution is 2.42. The van der Waals surface area contributed by atoms with E-state index in [2.05, 4.69) is 15.6 Å². The molecule has 4 aromatic rings. The third-order valence-electron chi connectivity index (χ3n) is 6.12. The quantitative estimate of drug-likeness (QED) is 0.249. The van der Waals surface area contributed by atoms with Crippen LogP contribution in [-0.2, 0) is 6.18 Å². The molecule has 1 aliphatic rings. The Balaban J connectivity index is 1.66. The molecule has 40 heavy (non-hydrogen) atoms. The minimum atomic E-state index is -4.95. The average Bonchev–Trinajstić information content (AvgIpc) is 3.50. The van der Waals surface area contributed by atoms with Gasteiger partial charge >= 0.3 is 12.7 Å². The highest BCUT2D eigenvalue weighted by Gasteiger charge is 2.36. The fourth-order valence-corrected chi connectivity index (χ4v) is 4.55. The molecule has 14 heteroatoms. The second-order valence-electron chi connectivity index (χ2n) is 8.72. The van der Waals surface area contributed by atoms with Gasteiger partial charge in [0.15, 0.2) is 0 Å². The van der Waals surface area contributed by atoms with Gasteiger partial charge in [-0.1, -0.05) is 11.6 Å². The van der Waals surface area contributed by atoms with E-state index in [1.54, 1.807) is 0 Å². The third kappa shape index (κ3) is 5.11. The molecule has 0 saturated carbocycles. The Kier molecular flexibility index (Phi) is 6.78. The SMILES string of the molecule is O=C(Nc1cc(-c2cn(C(F)F)cn2)cc2c1C(c1cc(F)ccc1Cl)NC2=O)c1cc(F)cc(C(F)(F)F)c1. The molecule has 1 atom stereocenters. The molecule has 0 aliphatic carbocycles. The molecular formula is C26H14ClF7N4O2. The van der Waals surface area contributed by atoms with Crippen molar-refractivity contribution in [2.45, 2.75) is 18.8 Å². The minimum Gasteiger partial charge on any atom is -0.341 e. The van der Waals surface area contributed by atoms with Crippen LogP contribution in [-0.4, -0.2) is 21.4 Å². The molecule has 0 saturated heterocycles. The largest absolute Gasteiger partial charge is 0.416 e. The van der Waals surface area contributed by atoms with E-state index in [1.165, 1.54) is 18.2 Å². The van der Waals surface area contributed by atoms with E-state index in [-0.39, 0.29) is 44.7 Å². The summed E-state index contributed by atoms with van der Waals surface area (Å²) in [6.45, 7) is -2.92. The first-order valence-corrected chi connectivity index (χ1v) is 11.6. The summed E-state index contributed by atoms with van der Waals surface area (Å²) in [6, 6.07) is 6.05. The van der Waals surface area contributed by atoms with E-state index in [0.29, 0.717) is 16.7 Å². The lowest BCUT2D eigenvalue weighted by molar-refractivity contribution is -0.137. The lowest BCUT2D eigenvalue weighted by Gasteiger charge is -2.19. The number of anilines is 1. The summed E-state index contributed by atoms with van der Waals surface area (Å²) in [6.07, 6.45) is -3.13. The van der Waals surface area contributed by atoms with Crippen molar-refractivity contribution in [2.24, 2.45) is 0 Å². The standard InChI is InChI=1S/C26H14ClF7N4O2/c27-18-2-1-14(28)8-16(18)22-21-17(24(40)37-22)5-11(20-9-38(10-35-20)25(30)31)6-19(21)36-23(39)12-3-13(26(32,33)34)7-15(29)4-12/h1-10,22,25H,(H,36,39)(H,37,40). The van der Waals surface area contributed by atoms with Crippen LogP contribution in [0.2, 0.25) is 5.02 Å². The van der Waals surface area contributed by atoms with Crippen LogP contribution in [0.3, 0.4) is 0 Å². The van der Waals surface area contributed by atoms with Gasteiger partial charge in [0, 0.05) is 44.7 Å². The first kappa shape index (κ1) is 27.2. The highest BCUT2D eigenvalue weighted by molar-refractivity contribution is 6.31. The van der Waals surface area contributed by atoms with Crippen LogP contribution in [0.5, 0.6) is 0 Å². The van der Waals surface area contributed by atoms with Crippen molar-refractivity contribution in [1.29, 1.82) is 0 Å². The Bertz CT molecular complexity index is 1670. The molecule has 2 N–H and O–H groups in total. The number of carbonyl (C=O) groups is 2. The number of amides is 2. The zero-order chi connectivity index (χ0) is 28.9. The van der Waals surface area contributed by atoms with E-state index in [9.17, 15) is 40.3 Å². The fraction of sp³-hybridized carbons (Fsp3) is 0.115. The number of nitrogens with one attached hydrogen (secondary N) is 2. The van der Waals surface area contributed by atoms with Crippen LogP contribution < -0.4 is 10.6 Å². The molecule has 5 rings (SSSR count). The molecule has 0 bridgehead atoms. The van der Waals surface area contributed by atoms with Gasteiger partial charge in [-0.3, -0.25) is 14.2 Å². The fourth-order valence-electron chi connectivity index (χ4n) is 4.32. The Morgan fingerprint density at radius 2 is 1.80 bits per heavy atom. The maximum Gasteiger partial charge on any atom is 0.416 e. The molecule has 1 aromatic heterocycles. The lowest BCUT2D eigenvalue weighted by Crippen LogP contribution is -2.21. The van der Waals surface area contributed by atoms with Gasteiger partial charge in [0.25, 0.3) is 11.8 Å². The van der Waals surface area contributed by atoms with Gasteiger partial charge in [0.1, 0.15) is 11.6 Å². The number of carbonyl (C=O) groups excluding carboxylic acids is 2. The molecule has 2 amide bonds. The molecule has 1 aliphatic heterocycles. The second-order valence-corrected chi connectivity index (χ2v) is 9.13. The summed E-state index contributed by atoms with van der Waals surface area (Å²) in [5, 5.41) is 5.03. The van der Waals surface area contributed by atoms with Gasteiger partial charge < -0.3 is 10.6 Å². The monoisotopic (exact) mass is 582 g/mol. The number of imidazole rings is 1. The van der Waals surface area contributed by atoms with Crippen LogP contribution in [0.25, 0.3) is 11.3 Å². The van der Waals surface area contributed by atoms with Crippen LogP contribution in [0.4, 0.5) is 36.4 Å². The Hall–Kier alpha value is -4.39. The van der Waals surface area contributed by atoms with Crippen LogP contribution in [0.1, 0.15) is 50.0 Å². The van der Waals surface area contributed by atoms with E-state index in [1.807, 2.05) is 0 Å². The average molecular weight is 583 g/mol. The number of hydrogen-bond donors (Lipinski definition) is 2. The van der Waals surface area contributed by atoms with Crippen LogP contribution >= 0.6 is 11.6 Å². The van der Waals surface area contributed by atoms with Crippen molar-refractivity contribution in [3.05, 3.63) is 106 Å². The van der Waals surface area contributed by atoms with Crippen molar-refractivity contribution in [1.82, 2.24) is 14.9 Å². The zero-order valence-corrected chi connectivity index (χ0v) is 20.4. The summed E-state index contributed by atoms with van der Waals surface area (Å²) >= 11 is 6.24. The number of hydrogen-bond acceptors (Lipinski definition) is 3. The maximum absolute atomic E-state index is 14.1. The second kappa shape index (κ2) is 9.97. The summed E-state index contributed by atoms with van der Waals surface area (Å²) in [4.78, 5) is 29.9. The van der Waals surface area contributed by atoms with Crippen LogP contribution in [0.15, 0.2) is 61.1 Å². The number of rotatable bonds is 5. The van der Waals surface area contributed by atoms with Crippen LogP contribution in [0, 0.1) is 11.6 Å². The topological polar surface area (TPSA) is 76.0 Å². The molecule has 3 aromatic carbocycles. The molecule has 0 radical (unpaired) electrons. The summed E-state index contributed by atoms with van der Waals surface area (Å²) in [5.41, 5.74) is -2.10. The maximum atomic E-state index is 14.1. The number of benzene rings is 3. The molecule has 0 fully saturated rings. The highest BCUT2D eigenvalue weighted by atomic mass is 35.5. The number of aromatic nitrogens is 2. The number of nitrogens with zero attached hydrogens (tertiary/aromatic N) is 2. The van der Waals surface area contributed by atoms with E-state index in [0.717, 1.165) is 24.7 Å². The van der Waals surface area contributed by atoms with E-state index >= 15 is 0 Å². The molecule has 0 spiro atoms. The van der Waals surface area contributed by atoms with Crippen molar-refractivity contribution in [3.8, 4) is 11.3 Å². The van der Waals surface area contributed by atoms with E-state index < -0.39 is 53.3 Å². The third-order valence-corrected chi connectivity index (χ3v) is 6.46. The summed E-state index contributed by atoms with van der Waals surface area (Å²) in [7, 11) is 0. The van der Waals surface area contributed by atoms with Crippen molar-refractivity contribution >= 4 is 29.1 Å². The Morgan fingerprint density at radius 1 is 1.05 bits per heavy atom. The van der Waals surface area contributed by atoms with Crippen molar-refractivity contribution < 1.29 is 40.3 Å². The Labute approximate surface area is 225 Å². The predicted octanol–water partition coefficient (Wildman–Crippen LogP) is 6.98. The zero-order valence-electron chi connectivity index (χ0n) is 19.7. The van der Waals surface area contributed by atoms with Crippen molar-refractivity contribution in [2.75, 3.05) is 5.32 Å². The predicted molar refractivity (Wildman–Crippen MR) is 129 cm³/mol. The number of fused-ring (bicyclic) bond motifs is 1. The van der Waals surface area contributed by atoms with Crippen molar-refractivity contribution in [3.63, 3.8) is 0 Å². The number of alkyl halides is 5. The first-order chi connectivity index (χ1) is 18.8. The Morgan fingerprint density at radius 3 is 2.48 bits per heavy atom. The first-order valence-electron chi connectivity index (χ1n) is 11.3. The lowest BCUT2D eigenvalue weighted by atomic mass is 9.93. The van der Waals surface area contributed by atoms with Gasteiger partial charge in [0.2, 0.25) is 0 Å². The molecule has 6 nitrogen and oxygen atoms in total. The van der Waals surface area contributed by atoms with E-state index in [4.69, 9.17) is 11.6 Å². The molecule has 2 heterocycles. The molecule has 206 valence electrons. The minimum absolute atomic E-state index is 0.0243. The van der Waals surface area contributed by atoms with Gasteiger partial charge in [-0.25, -0.2) is 13.8 Å². The smallest absolute Gasteiger partial charge is 0.341 e. The van der Waals surface area contributed by atoms with Gasteiger partial charge in [0.05, 0.1) is 23.6 Å². The normalized spacial score (nSPS) is 14.8. The molecule has 1 unspecified atom stereocenters. The number of halogens is 8. The van der Waals surface area contributed by atoms with Gasteiger partial charge in [-0.15, -0.1) is 0 Å².